The Morgan fingerprint density at radius 3 is 2.08 bits per heavy atom. The van der Waals surface area contributed by atoms with E-state index < -0.39 is 6.36 Å². The van der Waals surface area contributed by atoms with Crippen molar-refractivity contribution in [2.45, 2.75) is 13.0 Å². The number of hydrogen-bond donors (Lipinski definition) is 0. The van der Waals surface area contributed by atoms with E-state index in [2.05, 4.69) is 14.9 Å². The first-order valence-corrected chi connectivity index (χ1v) is 11.2. The van der Waals surface area contributed by atoms with Crippen LogP contribution in [-0.4, -0.2) is 22.3 Å². The second-order valence-corrected chi connectivity index (χ2v) is 7.96. The Labute approximate surface area is 214 Å². The van der Waals surface area contributed by atoms with Crippen LogP contribution in [0.5, 0.6) is 23.1 Å². The quantitative estimate of drug-likeness (QED) is 0.168. The van der Waals surface area contributed by atoms with Gasteiger partial charge in [0.05, 0.1) is 0 Å². The van der Waals surface area contributed by atoms with E-state index in [-0.39, 0.29) is 23.3 Å². The fourth-order valence-corrected chi connectivity index (χ4v) is 3.16. The van der Waals surface area contributed by atoms with Crippen LogP contribution >= 0.6 is 11.6 Å². The molecule has 4 rings (SSSR count). The Balaban J connectivity index is 1.27. The van der Waals surface area contributed by atoms with Crippen LogP contribution in [0, 0.1) is 0 Å². The number of ketones is 1. The highest BCUT2D eigenvalue weighted by Crippen LogP contribution is 2.24. The first-order chi connectivity index (χ1) is 17.7. The van der Waals surface area contributed by atoms with E-state index in [0.717, 1.165) is 5.56 Å². The molecule has 3 aromatic carbocycles. The van der Waals surface area contributed by atoms with Crippen molar-refractivity contribution in [1.82, 2.24) is 10.2 Å². The van der Waals surface area contributed by atoms with E-state index in [1.807, 2.05) is 0 Å². The standard InChI is InChI=1S/C27H18ClF3N2O4/c28-25-15-16-26(33-32-25)36-22-8-1-18(2-9-22)5-14-24(34)20-6-12-21(13-7-20)35-17-19-3-10-23(11-4-19)37-27(29,30)31/h1-16H,17H2/b14-5+. The lowest BCUT2D eigenvalue weighted by Gasteiger charge is -2.10. The van der Waals surface area contributed by atoms with Crippen molar-refractivity contribution in [3.8, 4) is 23.1 Å². The molecule has 0 aliphatic carbocycles. The van der Waals surface area contributed by atoms with Gasteiger partial charge in [0.15, 0.2) is 10.9 Å². The third kappa shape index (κ3) is 8.08. The molecule has 0 fully saturated rings. The fraction of sp³-hybridized carbons (Fsp3) is 0.0741. The second-order valence-electron chi connectivity index (χ2n) is 7.57. The zero-order valence-corrected chi connectivity index (χ0v) is 19.7. The van der Waals surface area contributed by atoms with E-state index in [1.54, 1.807) is 66.7 Å². The number of ether oxygens (including phenoxy) is 3. The summed E-state index contributed by atoms with van der Waals surface area (Å²) in [6, 6.07) is 22.2. The van der Waals surface area contributed by atoms with Crippen LogP contribution in [0.3, 0.4) is 0 Å². The van der Waals surface area contributed by atoms with Gasteiger partial charge in [-0.25, -0.2) is 0 Å². The predicted molar refractivity (Wildman–Crippen MR) is 131 cm³/mol. The van der Waals surface area contributed by atoms with Crippen LogP contribution in [0.2, 0.25) is 5.15 Å². The summed E-state index contributed by atoms with van der Waals surface area (Å²) in [5.74, 6) is 0.884. The molecule has 6 nitrogen and oxygen atoms in total. The smallest absolute Gasteiger partial charge is 0.489 e. The minimum atomic E-state index is -4.74. The van der Waals surface area contributed by atoms with E-state index in [9.17, 15) is 18.0 Å². The number of carbonyl (C=O) groups excluding carboxylic acids is 1. The Morgan fingerprint density at radius 1 is 0.811 bits per heavy atom. The largest absolute Gasteiger partial charge is 0.573 e. The average Bonchev–Trinajstić information content (AvgIpc) is 2.88. The number of hydrogen-bond acceptors (Lipinski definition) is 6. The van der Waals surface area contributed by atoms with Gasteiger partial charge in [0, 0.05) is 11.6 Å². The van der Waals surface area contributed by atoms with Gasteiger partial charge in [-0.3, -0.25) is 4.79 Å². The number of halogens is 4. The van der Waals surface area contributed by atoms with Crippen molar-refractivity contribution >= 4 is 23.5 Å². The lowest BCUT2D eigenvalue weighted by Crippen LogP contribution is -2.17. The first kappa shape index (κ1) is 25.7. The van der Waals surface area contributed by atoms with Crippen molar-refractivity contribution in [3.63, 3.8) is 0 Å². The summed E-state index contributed by atoms with van der Waals surface area (Å²) in [6.45, 7) is 0.143. The highest BCUT2D eigenvalue weighted by Gasteiger charge is 2.30. The molecule has 0 spiro atoms. The first-order valence-electron chi connectivity index (χ1n) is 10.8. The minimum absolute atomic E-state index is 0.143. The third-order valence-corrected chi connectivity index (χ3v) is 5.04. The monoisotopic (exact) mass is 526 g/mol. The van der Waals surface area contributed by atoms with E-state index >= 15 is 0 Å². The highest BCUT2D eigenvalue weighted by molar-refractivity contribution is 6.29. The molecule has 0 saturated carbocycles. The molecule has 0 amide bonds. The number of alkyl halides is 3. The maximum atomic E-state index is 12.5. The Bertz CT molecular complexity index is 1360. The lowest BCUT2D eigenvalue weighted by atomic mass is 10.1. The van der Waals surface area contributed by atoms with Crippen molar-refractivity contribution in [3.05, 3.63) is 113 Å². The van der Waals surface area contributed by atoms with Gasteiger partial charge in [0.2, 0.25) is 5.88 Å². The molecular weight excluding hydrogens is 509 g/mol. The highest BCUT2D eigenvalue weighted by atomic mass is 35.5. The molecule has 0 atom stereocenters. The van der Waals surface area contributed by atoms with E-state index in [1.165, 1.54) is 30.3 Å². The minimum Gasteiger partial charge on any atom is -0.489 e. The average molecular weight is 527 g/mol. The van der Waals surface area contributed by atoms with E-state index in [4.69, 9.17) is 21.1 Å². The number of benzene rings is 3. The van der Waals surface area contributed by atoms with Gasteiger partial charge in [-0.1, -0.05) is 41.9 Å². The van der Waals surface area contributed by atoms with Gasteiger partial charge in [0.1, 0.15) is 23.9 Å². The van der Waals surface area contributed by atoms with Crippen molar-refractivity contribution in [2.75, 3.05) is 0 Å². The van der Waals surface area contributed by atoms with E-state index in [0.29, 0.717) is 28.5 Å². The maximum absolute atomic E-state index is 12.5. The molecule has 0 saturated heterocycles. The summed E-state index contributed by atoms with van der Waals surface area (Å²) < 4.78 is 51.8. The van der Waals surface area contributed by atoms with Crippen molar-refractivity contribution in [2.24, 2.45) is 0 Å². The lowest BCUT2D eigenvalue weighted by molar-refractivity contribution is -0.274. The number of carbonyl (C=O) groups is 1. The normalized spacial score (nSPS) is 11.4. The van der Waals surface area contributed by atoms with Crippen LogP contribution in [0.15, 0.2) is 91.0 Å². The number of rotatable bonds is 9. The molecule has 0 radical (unpaired) electrons. The summed E-state index contributed by atoms with van der Waals surface area (Å²) in [4.78, 5) is 12.5. The topological polar surface area (TPSA) is 70.5 Å². The maximum Gasteiger partial charge on any atom is 0.573 e. The molecule has 37 heavy (non-hydrogen) atoms. The number of allylic oxidation sites excluding steroid dienone is 1. The molecular formula is C27H18ClF3N2O4. The van der Waals surface area contributed by atoms with Gasteiger partial charge in [-0.15, -0.1) is 23.4 Å². The van der Waals surface area contributed by atoms with Gasteiger partial charge in [0.25, 0.3) is 0 Å². The number of nitrogens with zero attached hydrogens (tertiary/aromatic N) is 2. The molecule has 0 unspecified atom stereocenters. The zero-order chi connectivity index (χ0) is 26.3. The summed E-state index contributed by atoms with van der Waals surface area (Å²) in [5, 5.41) is 7.81. The van der Waals surface area contributed by atoms with Gasteiger partial charge >= 0.3 is 6.36 Å². The molecule has 0 aliphatic heterocycles. The Hall–Kier alpha value is -4.37. The summed E-state index contributed by atoms with van der Waals surface area (Å²) >= 11 is 5.70. The van der Waals surface area contributed by atoms with Crippen LogP contribution in [0.4, 0.5) is 13.2 Å². The Morgan fingerprint density at radius 2 is 1.46 bits per heavy atom. The van der Waals surface area contributed by atoms with Crippen LogP contribution in [0.25, 0.3) is 6.08 Å². The number of aromatic nitrogens is 2. The molecule has 1 heterocycles. The van der Waals surface area contributed by atoms with Crippen molar-refractivity contribution in [1.29, 1.82) is 0 Å². The second kappa shape index (κ2) is 11.6. The summed E-state index contributed by atoms with van der Waals surface area (Å²) in [6.07, 6.45) is -1.59. The predicted octanol–water partition coefficient (Wildman–Crippen LogP) is 7.30. The van der Waals surface area contributed by atoms with Gasteiger partial charge in [-0.2, -0.15) is 0 Å². The molecule has 4 aromatic rings. The van der Waals surface area contributed by atoms with Crippen LogP contribution in [-0.2, 0) is 6.61 Å². The molecule has 0 aliphatic rings. The van der Waals surface area contributed by atoms with Gasteiger partial charge < -0.3 is 14.2 Å². The van der Waals surface area contributed by atoms with Crippen LogP contribution < -0.4 is 14.2 Å². The van der Waals surface area contributed by atoms with Gasteiger partial charge in [-0.05, 0) is 71.8 Å². The summed E-state index contributed by atoms with van der Waals surface area (Å²) in [5.41, 5.74) is 1.93. The van der Waals surface area contributed by atoms with Crippen molar-refractivity contribution < 1.29 is 32.2 Å². The fourth-order valence-electron chi connectivity index (χ4n) is 3.06. The zero-order valence-electron chi connectivity index (χ0n) is 19.0. The Kier molecular flexibility index (Phi) is 8.05. The van der Waals surface area contributed by atoms with Crippen LogP contribution in [0.1, 0.15) is 21.5 Å². The molecule has 0 bridgehead atoms. The summed E-state index contributed by atoms with van der Waals surface area (Å²) in [7, 11) is 0. The third-order valence-electron chi connectivity index (χ3n) is 4.84. The molecule has 1 aromatic heterocycles. The molecule has 0 N–H and O–H groups in total. The molecule has 188 valence electrons. The SMILES string of the molecule is O=C(/C=C/c1ccc(Oc2ccc(Cl)nn2)cc1)c1ccc(OCc2ccc(OC(F)(F)F)cc2)cc1. The molecule has 10 heteroatoms.